The van der Waals surface area contributed by atoms with Gasteiger partial charge >= 0.3 is 0 Å². The van der Waals surface area contributed by atoms with Gasteiger partial charge in [-0.1, -0.05) is 145 Å². The van der Waals surface area contributed by atoms with Crippen LogP contribution in [0.1, 0.15) is 34.4 Å². The molecule has 1 heteroatoms. The largest absolute Gasteiger partial charge is 0.456 e. The van der Waals surface area contributed by atoms with E-state index in [1.165, 1.54) is 0 Å². The van der Waals surface area contributed by atoms with Crippen LogP contribution >= 0.6 is 0 Å². The summed E-state index contributed by atoms with van der Waals surface area (Å²) < 4.78 is 157. The molecule has 1 nitrogen and oxygen atoms in total. The SMILES string of the molecule is [2H]c1c([2H])c([2H])c(Cc2c3c([2H])c([2H])c([2H])c([2H])c3c(-c3c([2H])c([2H])c(-c4ccc5oc6cc(-c7ccccc7)ccc6c5c4)c([2H])c3[2H])c3c([2H])c([2H])c([2H])c([2H])c23)c([2H])c1[2H]. The van der Waals surface area contributed by atoms with E-state index in [1.807, 2.05) is 48.5 Å². The second-order valence-electron chi connectivity index (χ2n) is 10.8. The number of fused-ring (bicyclic) bond motifs is 5. The van der Waals surface area contributed by atoms with Gasteiger partial charge in [0.2, 0.25) is 0 Å². The molecule has 0 spiro atoms. The Morgan fingerprint density at radius 3 is 1.74 bits per heavy atom. The number of rotatable bonds is 5. The molecule has 0 aliphatic rings. The molecule has 0 amide bonds. The average molecular weight is 604 g/mol. The smallest absolute Gasteiger partial charge is 0.136 e. The first kappa shape index (κ1) is 14.5. The van der Waals surface area contributed by atoms with Crippen LogP contribution in [0.4, 0.5) is 0 Å². The molecule has 46 heavy (non-hydrogen) atoms. The molecular formula is C45H30O. The fourth-order valence-corrected chi connectivity index (χ4v) is 6.00. The lowest BCUT2D eigenvalue weighted by molar-refractivity contribution is 0.669. The van der Waals surface area contributed by atoms with Crippen LogP contribution < -0.4 is 0 Å². The van der Waals surface area contributed by atoms with E-state index in [1.54, 1.807) is 18.2 Å². The Kier molecular flexibility index (Phi) is 3.43. The van der Waals surface area contributed by atoms with E-state index in [2.05, 4.69) is 0 Å². The van der Waals surface area contributed by atoms with Crippen molar-refractivity contribution in [2.24, 2.45) is 0 Å². The van der Waals surface area contributed by atoms with Crippen LogP contribution in [0, 0.1) is 0 Å². The summed E-state index contributed by atoms with van der Waals surface area (Å²) in [5.41, 5.74) is 1.74. The molecule has 0 aliphatic carbocycles. The van der Waals surface area contributed by atoms with Crippen LogP contribution in [0.5, 0.6) is 0 Å². The third-order valence-electron chi connectivity index (χ3n) is 8.13. The monoisotopic (exact) mass is 603 g/mol. The minimum Gasteiger partial charge on any atom is -0.456 e. The minimum absolute atomic E-state index is 0.110. The van der Waals surface area contributed by atoms with Gasteiger partial charge in [0.1, 0.15) is 11.2 Å². The molecular weight excluding hydrogens is 556 g/mol. The maximum atomic E-state index is 9.47. The molecule has 1 heterocycles. The van der Waals surface area contributed by atoms with Crippen molar-refractivity contribution in [1.29, 1.82) is 0 Å². The molecule has 9 aromatic rings. The van der Waals surface area contributed by atoms with E-state index in [0.29, 0.717) is 22.1 Å². The van der Waals surface area contributed by atoms with Gasteiger partial charge in [-0.2, -0.15) is 0 Å². The molecule has 0 N–H and O–H groups in total. The Hall–Kier alpha value is -5.92. The van der Waals surface area contributed by atoms with E-state index < -0.39 is 131 Å². The van der Waals surface area contributed by atoms with Gasteiger partial charge in [0, 0.05) is 10.8 Å². The van der Waals surface area contributed by atoms with Crippen LogP contribution in [0.15, 0.2) is 174 Å². The zero-order valence-corrected chi connectivity index (χ0v) is 24.0. The van der Waals surface area contributed by atoms with Gasteiger partial charge in [-0.3, -0.25) is 0 Å². The molecule has 0 fully saturated rings. The number of hydrogen-bond donors (Lipinski definition) is 0. The fraction of sp³-hybridized carbons (Fsp3) is 0.0222. The molecule has 0 atom stereocenters. The lowest BCUT2D eigenvalue weighted by Crippen LogP contribution is -1.95. The van der Waals surface area contributed by atoms with E-state index in [-0.39, 0.29) is 27.5 Å². The zero-order valence-electron chi connectivity index (χ0n) is 41.0. The van der Waals surface area contributed by atoms with Crippen LogP contribution in [0.3, 0.4) is 0 Å². The molecule has 0 bridgehead atoms. The van der Waals surface area contributed by atoms with Gasteiger partial charge in [-0.05, 0) is 96.7 Å². The van der Waals surface area contributed by atoms with Crippen molar-refractivity contribution in [2.45, 2.75) is 6.42 Å². The van der Waals surface area contributed by atoms with E-state index in [0.717, 1.165) is 16.5 Å². The molecule has 8 aromatic carbocycles. The molecule has 1 aromatic heterocycles. The topological polar surface area (TPSA) is 13.1 Å². The molecule has 0 aliphatic heterocycles. The molecule has 0 radical (unpaired) electrons. The third-order valence-corrected chi connectivity index (χ3v) is 8.13. The van der Waals surface area contributed by atoms with Gasteiger partial charge in [0.15, 0.2) is 0 Å². The highest BCUT2D eigenvalue weighted by molar-refractivity contribution is 6.15. The van der Waals surface area contributed by atoms with Gasteiger partial charge < -0.3 is 4.42 Å². The summed E-state index contributed by atoms with van der Waals surface area (Å²) in [5, 5.41) is -0.140. The molecule has 0 unspecified atom stereocenters. The fourth-order valence-electron chi connectivity index (χ4n) is 6.00. The highest BCUT2D eigenvalue weighted by Gasteiger charge is 2.16. The first-order valence-electron chi connectivity index (χ1n) is 23.0. The summed E-state index contributed by atoms with van der Waals surface area (Å²) in [6.45, 7) is 0. The van der Waals surface area contributed by atoms with Gasteiger partial charge in [-0.15, -0.1) is 0 Å². The van der Waals surface area contributed by atoms with Crippen molar-refractivity contribution in [2.75, 3.05) is 0 Å². The zero-order chi connectivity index (χ0) is 45.2. The molecule has 9 rings (SSSR count). The normalized spacial score (nSPS) is 16.7. The van der Waals surface area contributed by atoms with Crippen LogP contribution in [0.2, 0.25) is 0 Å². The van der Waals surface area contributed by atoms with Gasteiger partial charge in [0.25, 0.3) is 0 Å². The lowest BCUT2D eigenvalue weighted by atomic mass is 9.86. The van der Waals surface area contributed by atoms with Gasteiger partial charge in [0.05, 0.1) is 23.3 Å². The first-order chi connectivity index (χ1) is 29.9. The van der Waals surface area contributed by atoms with Crippen molar-refractivity contribution in [3.8, 4) is 33.4 Å². The third kappa shape index (κ3) is 4.48. The second-order valence-corrected chi connectivity index (χ2v) is 10.8. The quantitative estimate of drug-likeness (QED) is 0.178. The summed E-state index contributed by atoms with van der Waals surface area (Å²) >= 11 is 0. The maximum Gasteiger partial charge on any atom is 0.136 e. The Bertz CT molecular complexity index is 3370. The predicted octanol–water partition coefficient (Wildman–Crippen LogP) is 12.5. The van der Waals surface area contributed by atoms with Crippen LogP contribution in [-0.2, 0) is 6.42 Å². The summed E-state index contributed by atoms with van der Waals surface area (Å²) in [5.74, 6) is 0. The van der Waals surface area contributed by atoms with Crippen molar-refractivity contribution < 1.29 is 27.7 Å². The Balaban J connectivity index is 1.36. The van der Waals surface area contributed by atoms with Gasteiger partial charge in [-0.25, -0.2) is 0 Å². The van der Waals surface area contributed by atoms with Crippen molar-refractivity contribution in [3.05, 3.63) is 181 Å². The summed E-state index contributed by atoms with van der Waals surface area (Å²) in [6.07, 6.45) is -0.653. The van der Waals surface area contributed by atoms with Crippen molar-refractivity contribution in [3.63, 3.8) is 0 Å². The first-order valence-corrected chi connectivity index (χ1v) is 14.5. The van der Waals surface area contributed by atoms with E-state index in [4.69, 9.17) is 19.5 Å². The predicted molar refractivity (Wildman–Crippen MR) is 194 cm³/mol. The highest BCUT2D eigenvalue weighted by atomic mass is 16.3. The summed E-state index contributed by atoms with van der Waals surface area (Å²) in [4.78, 5) is 0. The maximum absolute atomic E-state index is 9.47. The minimum atomic E-state index is -0.772. The van der Waals surface area contributed by atoms with Crippen molar-refractivity contribution >= 4 is 43.5 Å². The number of benzene rings is 8. The van der Waals surface area contributed by atoms with Crippen LogP contribution in [-0.4, -0.2) is 0 Å². The molecule has 216 valence electrons. The Morgan fingerprint density at radius 1 is 0.413 bits per heavy atom. The lowest BCUT2D eigenvalue weighted by Gasteiger charge is -2.18. The van der Waals surface area contributed by atoms with Crippen molar-refractivity contribution in [1.82, 2.24) is 0 Å². The standard InChI is InChI=1S/C45H30O/c1-3-11-30(12-4-1)27-41-36-15-7-9-17-39(36)45(40-18-10-8-16-37(40)41)33-21-19-32(20-22-33)34-24-26-43-42(28-34)38-25-23-35(29-44(38)46-43)31-13-5-2-6-14-31/h1-26,28-29H,27H2/i1D,3D,4D,7D,8D,9D,10D,11D,12D,15D,16D,17D,18D,19D,20D,21D,22D. The summed E-state index contributed by atoms with van der Waals surface area (Å²) in [7, 11) is 0. The van der Waals surface area contributed by atoms with Crippen LogP contribution in [0.25, 0.3) is 76.9 Å². The highest BCUT2D eigenvalue weighted by Crippen LogP contribution is 2.41. The number of furan rings is 1. The summed E-state index contributed by atoms with van der Waals surface area (Å²) in [6, 6.07) is 8.72. The average Bonchev–Trinajstić information content (AvgIpc) is 3.65. The van der Waals surface area contributed by atoms with E-state index >= 15 is 0 Å². The number of hydrogen-bond acceptors (Lipinski definition) is 1. The Morgan fingerprint density at radius 2 is 1.02 bits per heavy atom. The molecule has 0 saturated heterocycles. The Labute approximate surface area is 291 Å². The molecule has 0 saturated carbocycles. The second kappa shape index (κ2) is 10.9. The van der Waals surface area contributed by atoms with E-state index in [9.17, 15) is 8.22 Å².